The summed E-state index contributed by atoms with van der Waals surface area (Å²) in [6, 6.07) is 8.83. The highest BCUT2D eigenvalue weighted by molar-refractivity contribution is 5.44. The molecular weight excluding hydrogens is 230 g/mol. The summed E-state index contributed by atoms with van der Waals surface area (Å²) in [5, 5.41) is 7.05. The van der Waals surface area contributed by atoms with E-state index < -0.39 is 0 Å². The van der Waals surface area contributed by atoms with Gasteiger partial charge in [0.2, 0.25) is 0 Å². The number of nitrogens with zero attached hydrogens (tertiary/aromatic N) is 2. The molecule has 94 valence electrons. The van der Waals surface area contributed by atoms with Gasteiger partial charge >= 0.3 is 6.01 Å². The Balaban J connectivity index is 1.68. The first kappa shape index (κ1) is 11.2. The van der Waals surface area contributed by atoms with E-state index in [1.807, 2.05) is 6.07 Å². The Morgan fingerprint density at radius 2 is 2.33 bits per heavy atom. The van der Waals surface area contributed by atoms with Crippen LogP contribution in [0.25, 0.3) is 0 Å². The summed E-state index contributed by atoms with van der Waals surface area (Å²) >= 11 is 0. The molecule has 1 aromatic carbocycles. The number of rotatable bonds is 5. The summed E-state index contributed by atoms with van der Waals surface area (Å²) < 4.78 is 10.1. The Hall–Kier alpha value is -1.88. The summed E-state index contributed by atoms with van der Waals surface area (Å²) in [5.74, 6) is 1.04. The van der Waals surface area contributed by atoms with Gasteiger partial charge in [0.05, 0.1) is 12.5 Å². The lowest BCUT2D eigenvalue weighted by Gasteiger charge is -2.26. The van der Waals surface area contributed by atoms with Crippen molar-refractivity contribution < 1.29 is 9.26 Å². The van der Waals surface area contributed by atoms with Crippen LogP contribution in [0.15, 0.2) is 28.8 Å². The average molecular weight is 245 g/mol. The number of hydrogen-bond acceptors (Lipinski definition) is 5. The Morgan fingerprint density at radius 3 is 3.17 bits per heavy atom. The van der Waals surface area contributed by atoms with E-state index in [0.717, 1.165) is 12.2 Å². The third-order valence-corrected chi connectivity index (χ3v) is 3.19. The summed E-state index contributed by atoms with van der Waals surface area (Å²) in [4.78, 5) is 4.36. The maximum atomic E-state index is 5.16. The quantitative estimate of drug-likeness (QED) is 0.814. The van der Waals surface area contributed by atoms with Gasteiger partial charge in [-0.2, -0.15) is 4.98 Å². The molecule has 1 aromatic heterocycles. The number of methoxy groups -OCH3 is 1. The van der Waals surface area contributed by atoms with Crippen LogP contribution < -0.4 is 5.32 Å². The summed E-state index contributed by atoms with van der Waals surface area (Å²) in [6.45, 7) is 1.28. The Morgan fingerprint density at radius 1 is 1.44 bits per heavy atom. The van der Waals surface area contributed by atoms with E-state index in [9.17, 15) is 0 Å². The second kappa shape index (κ2) is 4.78. The molecule has 5 heteroatoms. The van der Waals surface area contributed by atoms with E-state index in [0.29, 0.717) is 19.2 Å². The van der Waals surface area contributed by atoms with E-state index in [-0.39, 0.29) is 5.92 Å². The van der Waals surface area contributed by atoms with Crippen LogP contribution in [0, 0.1) is 0 Å². The molecule has 1 atom stereocenters. The minimum Gasteiger partial charge on any atom is -0.383 e. The molecular formula is C13H15N3O2. The maximum Gasteiger partial charge on any atom is 0.321 e. The number of nitrogens with one attached hydrogen (secondary N) is 1. The van der Waals surface area contributed by atoms with Crippen molar-refractivity contribution in [3.8, 4) is 0 Å². The van der Waals surface area contributed by atoms with Gasteiger partial charge in [0.25, 0.3) is 0 Å². The van der Waals surface area contributed by atoms with Gasteiger partial charge in [0, 0.05) is 13.7 Å². The molecule has 0 radical (unpaired) electrons. The highest BCUT2D eigenvalue weighted by Crippen LogP contribution is 2.38. The molecule has 1 unspecified atom stereocenters. The number of aromatic nitrogens is 2. The molecule has 1 aliphatic carbocycles. The number of hydrogen-bond donors (Lipinski definition) is 1. The molecule has 2 aromatic rings. The lowest BCUT2D eigenvalue weighted by atomic mass is 9.77. The van der Waals surface area contributed by atoms with Crippen LogP contribution in [0.2, 0.25) is 0 Å². The molecule has 0 amide bonds. The van der Waals surface area contributed by atoms with Crippen molar-refractivity contribution in [3.05, 3.63) is 41.2 Å². The summed E-state index contributed by atoms with van der Waals surface area (Å²) in [5.41, 5.74) is 2.68. The van der Waals surface area contributed by atoms with Crippen molar-refractivity contribution in [2.45, 2.75) is 12.3 Å². The van der Waals surface area contributed by atoms with Gasteiger partial charge in [0.15, 0.2) is 5.82 Å². The lowest BCUT2D eigenvalue weighted by molar-refractivity contribution is 0.210. The van der Waals surface area contributed by atoms with Crippen molar-refractivity contribution in [1.29, 1.82) is 0 Å². The molecule has 1 N–H and O–H groups in total. The molecule has 3 rings (SSSR count). The van der Waals surface area contributed by atoms with E-state index >= 15 is 0 Å². The van der Waals surface area contributed by atoms with Gasteiger partial charge in [-0.1, -0.05) is 29.4 Å². The molecule has 5 nitrogen and oxygen atoms in total. The molecule has 18 heavy (non-hydrogen) atoms. The largest absolute Gasteiger partial charge is 0.383 e. The van der Waals surface area contributed by atoms with E-state index in [4.69, 9.17) is 9.26 Å². The lowest BCUT2D eigenvalue weighted by Crippen LogP contribution is -2.19. The highest BCUT2D eigenvalue weighted by atomic mass is 16.5. The van der Waals surface area contributed by atoms with Gasteiger partial charge in [-0.15, -0.1) is 0 Å². The van der Waals surface area contributed by atoms with E-state index in [1.165, 1.54) is 11.1 Å². The van der Waals surface area contributed by atoms with E-state index in [2.05, 4.69) is 33.7 Å². The predicted molar refractivity (Wildman–Crippen MR) is 66.7 cm³/mol. The van der Waals surface area contributed by atoms with Crippen LogP contribution in [0.3, 0.4) is 0 Å². The van der Waals surface area contributed by atoms with Crippen LogP contribution in [-0.2, 0) is 11.2 Å². The van der Waals surface area contributed by atoms with Crippen molar-refractivity contribution in [1.82, 2.24) is 10.1 Å². The van der Waals surface area contributed by atoms with Crippen LogP contribution in [-0.4, -0.2) is 30.4 Å². The minimum absolute atomic E-state index is 0.280. The monoisotopic (exact) mass is 245 g/mol. The molecule has 1 aliphatic rings. The normalized spacial score (nSPS) is 17.1. The fourth-order valence-corrected chi connectivity index (χ4v) is 2.20. The number of fused-ring (bicyclic) bond motifs is 1. The first-order valence-corrected chi connectivity index (χ1v) is 6.02. The third-order valence-electron chi connectivity index (χ3n) is 3.19. The number of anilines is 1. The summed E-state index contributed by atoms with van der Waals surface area (Å²) in [7, 11) is 1.66. The van der Waals surface area contributed by atoms with Crippen LogP contribution in [0.5, 0.6) is 0 Å². The molecule has 0 bridgehead atoms. The maximum absolute atomic E-state index is 5.16. The molecule has 0 spiro atoms. The predicted octanol–water partition coefficient (Wildman–Crippen LogP) is 1.82. The molecule has 1 heterocycles. The fraction of sp³-hybridized carbons (Fsp3) is 0.385. The molecule has 0 saturated heterocycles. The Bertz CT molecular complexity index is 539. The summed E-state index contributed by atoms with van der Waals surface area (Å²) in [6.07, 6.45) is 0.993. The zero-order valence-electron chi connectivity index (χ0n) is 10.2. The molecule has 0 saturated carbocycles. The minimum atomic E-state index is 0.280. The second-order valence-corrected chi connectivity index (χ2v) is 4.33. The van der Waals surface area contributed by atoms with Crippen molar-refractivity contribution in [2.75, 3.05) is 25.6 Å². The average Bonchev–Trinajstić information content (AvgIpc) is 2.80. The number of benzene rings is 1. The van der Waals surface area contributed by atoms with Crippen molar-refractivity contribution >= 4 is 6.01 Å². The topological polar surface area (TPSA) is 60.2 Å². The Kier molecular flexibility index (Phi) is 2.98. The van der Waals surface area contributed by atoms with Crippen molar-refractivity contribution in [2.24, 2.45) is 0 Å². The fourth-order valence-electron chi connectivity index (χ4n) is 2.20. The van der Waals surface area contributed by atoms with E-state index in [1.54, 1.807) is 7.11 Å². The third kappa shape index (κ3) is 1.97. The Labute approximate surface area is 105 Å². The van der Waals surface area contributed by atoms with Crippen LogP contribution >= 0.6 is 0 Å². The highest BCUT2D eigenvalue weighted by Gasteiger charge is 2.30. The van der Waals surface area contributed by atoms with Gasteiger partial charge < -0.3 is 14.6 Å². The molecule has 0 fully saturated rings. The molecule has 0 aliphatic heterocycles. The first-order chi connectivity index (χ1) is 8.88. The SMILES string of the molecule is COCCNc1nc(C2Cc3ccccc32)no1. The van der Waals surface area contributed by atoms with Crippen molar-refractivity contribution in [3.63, 3.8) is 0 Å². The van der Waals surface area contributed by atoms with Crippen LogP contribution in [0.4, 0.5) is 6.01 Å². The van der Waals surface area contributed by atoms with Crippen LogP contribution in [0.1, 0.15) is 22.9 Å². The van der Waals surface area contributed by atoms with Gasteiger partial charge in [-0.25, -0.2) is 0 Å². The number of ether oxygens (including phenoxy) is 1. The smallest absolute Gasteiger partial charge is 0.321 e. The zero-order valence-corrected chi connectivity index (χ0v) is 10.2. The first-order valence-electron chi connectivity index (χ1n) is 6.02. The van der Waals surface area contributed by atoms with Gasteiger partial charge in [-0.05, 0) is 17.5 Å². The zero-order chi connectivity index (χ0) is 12.4. The van der Waals surface area contributed by atoms with Gasteiger partial charge in [0.1, 0.15) is 0 Å². The van der Waals surface area contributed by atoms with Gasteiger partial charge in [-0.3, -0.25) is 0 Å². The standard InChI is InChI=1S/C13H15N3O2/c1-17-7-6-14-13-15-12(16-18-13)11-8-9-4-2-3-5-10(9)11/h2-5,11H,6-8H2,1H3,(H,14,15,16). The second-order valence-electron chi connectivity index (χ2n) is 4.33.